The average Bonchev–Trinajstić information content (AvgIpc) is 2.97. The van der Waals surface area contributed by atoms with Gasteiger partial charge in [0.05, 0.1) is 5.56 Å². The van der Waals surface area contributed by atoms with Crippen molar-refractivity contribution in [2.75, 3.05) is 13.2 Å². The molecule has 0 saturated carbocycles. The van der Waals surface area contributed by atoms with Crippen molar-refractivity contribution in [3.8, 4) is 0 Å². The molecule has 0 bridgehead atoms. The second-order valence-electron chi connectivity index (χ2n) is 10.3. The lowest BCUT2D eigenvalue weighted by Crippen LogP contribution is -2.66. The number of aliphatic hydroxyl groups is 2. The predicted octanol–water partition coefficient (Wildman–Crippen LogP) is -0.678. The van der Waals surface area contributed by atoms with Gasteiger partial charge in [-0.1, -0.05) is 18.2 Å². The zero-order valence-corrected chi connectivity index (χ0v) is 25.6. The van der Waals surface area contributed by atoms with Gasteiger partial charge in [-0.2, -0.15) is 0 Å². The quantitative estimate of drug-likeness (QED) is 0.222. The van der Waals surface area contributed by atoms with Crippen LogP contribution in [0, 0.1) is 0 Å². The Morgan fingerprint density at radius 3 is 1.70 bits per heavy atom. The summed E-state index contributed by atoms with van der Waals surface area (Å²) >= 11 is 0. The molecule has 17 heteroatoms. The van der Waals surface area contributed by atoms with E-state index in [1.54, 1.807) is 18.2 Å². The third-order valence-corrected chi connectivity index (χ3v) is 6.57. The molecule has 1 aromatic rings. The fraction of sp³-hybridized carbons (Fsp3) is 0.586. The van der Waals surface area contributed by atoms with Crippen LogP contribution in [0.4, 0.5) is 0 Å². The SMILES string of the molecule is CC(=O)OC[C@H]1OC(O)[C@H](OC(C)=O)[C@@H](OC(C)=O)[C@@H]1O[C@@H]1O[C@H](COC(=O)c2ccccc2)[C@H](O)[C@H](OC(C)=O)[C@H]1OC(C)=O. The van der Waals surface area contributed by atoms with Crippen LogP contribution in [-0.2, 0) is 66.6 Å². The van der Waals surface area contributed by atoms with E-state index in [0.29, 0.717) is 0 Å². The highest BCUT2D eigenvalue weighted by molar-refractivity contribution is 5.89. The highest BCUT2D eigenvalue weighted by Crippen LogP contribution is 2.34. The Bertz CT molecular complexity index is 1250. The van der Waals surface area contributed by atoms with E-state index in [-0.39, 0.29) is 5.56 Å². The molecule has 0 radical (unpaired) electrons. The van der Waals surface area contributed by atoms with Crippen LogP contribution in [0.1, 0.15) is 45.0 Å². The van der Waals surface area contributed by atoms with Gasteiger partial charge < -0.3 is 52.8 Å². The minimum Gasteiger partial charge on any atom is -0.463 e. The van der Waals surface area contributed by atoms with Gasteiger partial charge in [0.25, 0.3) is 0 Å². The first-order valence-electron chi connectivity index (χ1n) is 14.0. The van der Waals surface area contributed by atoms with E-state index in [1.807, 2.05) is 0 Å². The van der Waals surface area contributed by atoms with Crippen LogP contribution >= 0.6 is 0 Å². The highest BCUT2D eigenvalue weighted by Gasteiger charge is 2.56. The molecule has 0 aliphatic carbocycles. The van der Waals surface area contributed by atoms with Crippen molar-refractivity contribution in [3.63, 3.8) is 0 Å². The van der Waals surface area contributed by atoms with Crippen LogP contribution in [0.5, 0.6) is 0 Å². The summed E-state index contributed by atoms with van der Waals surface area (Å²) in [5.74, 6) is -5.15. The summed E-state index contributed by atoms with van der Waals surface area (Å²) < 4.78 is 49.0. The van der Waals surface area contributed by atoms with Crippen molar-refractivity contribution < 1.29 is 81.6 Å². The predicted molar refractivity (Wildman–Crippen MR) is 146 cm³/mol. The number of esters is 6. The maximum atomic E-state index is 12.6. The Hall–Kier alpha value is -4.16. The molecule has 3 rings (SSSR count). The molecule has 2 aliphatic heterocycles. The fourth-order valence-electron chi connectivity index (χ4n) is 4.79. The maximum absolute atomic E-state index is 12.6. The van der Waals surface area contributed by atoms with Gasteiger partial charge in [-0.3, -0.25) is 24.0 Å². The smallest absolute Gasteiger partial charge is 0.338 e. The molecule has 17 nitrogen and oxygen atoms in total. The van der Waals surface area contributed by atoms with E-state index in [2.05, 4.69) is 0 Å². The molecular formula is C29H36O17. The molecule has 2 fully saturated rings. The lowest BCUT2D eigenvalue weighted by molar-refractivity contribution is -0.356. The van der Waals surface area contributed by atoms with Crippen molar-refractivity contribution in [2.24, 2.45) is 0 Å². The third kappa shape index (κ3) is 9.92. The normalized spacial score (nSPS) is 30.7. The van der Waals surface area contributed by atoms with Gasteiger partial charge in [0, 0.05) is 34.6 Å². The van der Waals surface area contributed by atoms with Crippen LogP contribution < -0.4 is 0 Å². The third-order valence-electron chi connectivity index (χ3n) is 6.57. The Balaban J connectivity index is 2.02. The van der Waals surface area contributed by atoms with Gasteiger partial charge in [0.15, 0.2) is 37.0 Å². The van der Waals surface area contributed by atoms with Crippen LogP contribution in [0.15, 0.2) is 30.3 Å². The summed E-state index contributed by atoms with van der Waals surface area (Å²) in [4.78, 5) is 72.4. The topological polar surface area (TPSA) is 226 Å². The Morgan fingerprint density at radius 1 is 0.609 bits per heavy atom. The number of carbonyl (C=O) groups is 6. The van der Waals surface area contributed by atoms with Crippen LogP contribution in [-0.4, -0.2) is 121 Å². The van der Waals surface area contributed by atoms with Crippen molar-refractivity contribution >= 4 is 35.8 Å². The van der Waals surface area contributed by atoms with Crippen molar-refractivity contribution in [2.45, 2.75) is 96.0 Å². The lowest BCUT2D eigenvalue weighted by atomic mass is 9.96. The van der Waals surface area contributed by atoms with E-state index < -0.39 is 110 Å². The molecule has 2 saturated heterocycles. The molecule has 1 unspecified atom stereocenters. The zero-order valence-electron chi connectivity index (χ0n) is 25.6. The molecule has 0 spiro atoms. The van der Waals surface area contributed by atoms with Crippen LogP contribution in [0.25, 0.3) is 0 Å². The monoisotopic (exact) mass is 656 g/mol. The standard InChI is InChI=1S/C29H36O17/c1-13(30)38-12-20-22(24(41-15(3)32)25(28(37)44-20)42-16(4)33)46-29-26(43-17(5)34)23(40-14(2)31)21(35)19(45-29)11-39-27(36)18-9-7-6-8-10-18/h6-10,19-26,28-29,35,37H,11-12H2,1-5H3/t19-,20-,21+,22-,23+,24+,25-,26-,28?,29+/m1/s1. The minimum absolute atomic E-state index is 0.182. The molecule has 46 heavy (non-hydrogen) atoms. The number of ether oxygens (including phenoxy) is 9. The Kier molecular flexibility index (Phi) is 13.0. The first-order valence-corrected chi connectivity index (χ1v) is 14.0. The fourth-order valence-corrected chi connectivity index (χ4v) is 4.79. The summed E-state index contributed by atoms with van der Waals surface area (Å²) in [7, 11) is 0. The second-order valence-corrected chi connectivity index (χ2v) is 10.3. The highest BCUT2D eigenvalue weighted by atomic mass is 16.8. The summed E-state index contributed by atoms with van der Waals surface area (Å²) in [5.41, 5.74) is 0.182. The minimum atomic E-state index is -1.90. The molecule has 0 amide bonds. The largest absolute Gasteiger partial charge is 0.463 e. The van der Waals surface area contributed by atoms with E-state index in [0.717, 1.165) is 34.6 Å². The summed E-state index contributed by atoms with van der Waals surface area (Å²) in [6.45, 7) is 3.98. The lowest BCUT2D eigenvalue weighted by Gasteiger charge is -2.47. The second kappa shape index (κ2) is 16.4. The zero-order chi connectivity index (χ0) is 34.1. The average molecular weight is 657 g/mol. The van der Waals surface area contributed by atoms with Crippen molar-refractivity contribution in [3.05, 3.63) is 35.9 Å². The van der Waals surface area contributed by atoms with Crippen LogP contribution in [0.3, 0.4) is 0 Å². The summed E-state index contributed by atoms with van der Waals surface area (Å²) in [6.07, 6.45) is -16.6. The van der Waals surface area contributed by atoms with Gasteiger partial charge in [0.1, 0.15) is 37.6 Å². The van der Waals surface area contributed by atoms with E-state index >= 15 is 0 Å². The van der Waals surface area contributed by atoms with E-state index in [4.69, 9.17) is 42.6 Å². The maximum Gasteiger partial charge on any atom is 0.338 e. The molecule has 2 heterocycles. The number of carbonyl (C=O) groups excluding carboxylic acids is 6. The number of hydrogen-bond acceptors (Lipinski definition) is 17. The number of aliphatic hydroxyl groups excluding tert-OH is 2. The van der Waals surface area contributed by atoms with Gasteiger partial charge in [-0.05, 0) is 12.1 Å². The Labute approximate surface area is 262 Å². The molecule has 1 aromatic carbocycles. The van der Waals surface area contributed by atoms with Crippen LogP contribution in [0.2, 0.25) is 0 Å². The summed E-state index contributed by atoms with van der Waals surface area (Å²) in [6, 6.07) is 7.86. The first-order chi connectivity index (χ1) is 21.7. The molecular weight excluding hydrogens is 620 g/mol. The van der Waals surface area contributed by atoms with E-state index in [1.165, 1.54) is 12.1 Å². The number of rotatable bonds is 11. The molecule has 254 valence electrons. The van der Waals surface area contributed by atoms with Gasteiger partial charge in [-0.25, -0.2) is 4.79 Å². The number of benzene rings is 1. The molecule has 0 aromatic heterocycles. The van der Waals surface area contributed by atoms with Gasteiger partial charge in [0.2, 0.25) is 0 Å². The molecule has 2 aliphatic rings. The van der Waals surface area contributed by atoms with E-state index in [9.17, 15) is 39.0 Å². The van der Waals surface area contributed by atoms with Crippen molar-refractivity contribution in [1.29, 1.82) is 0 Å². The summed E-state index contributed by atoms with van der Waals surface area (Å²) in [5, 5.41) is 21.8. The Morgan fingerprint density at radius 2 is 1.13 bits per heavy atom. The van der Waals surface area contributed by atoms with Gasteiger partial charge in [-0.15, -0.1) is 0 Å². The molecule has 2 N–H and O–H groups in total. The van der Waals surface area contributed by atoms with Crippen molar-refractivity contribution in [1.82, 2.24) is 0 Å². The van der Waals surface area contributed by atoms with Gasteiger partial charge >= 0.3 is 35.8 Å². The molecule has 10 atom stereocenters. The first kappa shape index (κ1) is 36.3. The number of hydrogen-bond donors (Lipinski definition) is 2.